The topological polar surface area (TPSA) is 41.5 Å². The van der Waals surface area contributed by atoms with Crippen molar-refractivity contribution in [3.05, 3.63) is 30.9 Å². The molecule has 1 heterocycles. The highest BCUT2D eigenvalue weighted by Gasteiger charge is 2.25. The number of anilines is 1. The van der Waals surface area contributed by atoms with Gasteiger partial charge in [-0.1, -0.05) is 6.07 Å². The van der Waals surface area contributed by atoms with Crippen LogP contribution in [0.25, 0.3) is 0 Å². The average Bonchev–Trinajstić information content (AvgIpc) is 2.22. The van der Waals surface area contributed by atoms with E-state index in [1.165, 1.54) is 6.61 Å². The third kappa shape index (κ3) is 2.59. The van der Waals surface area contributed by atoms with Gasteiger partial charge in [-0.2, -0.15) is 0 Å². The molecule has 1 aliphatic rings. The lowest BCUT2D eigenvalue weighted by atomic mass is 10.1. The monoisotopic (exact) mass is 210 g/mol. The van der Waals surface area contributed by atoms with E-state index in [2.05, 4.69) is 5.32 Å². The fourth-order valence-corrected chi connectivity index (χ4v) is 1.57. The number of halogens is 1. The summed E-state index contributed by atoms with van der Waals surface area (Å²) in [6.45, 7) is 1.74. The van der Waals surface area contributed by atoms with Crippen LogP contribution < -0.4 is 5.32 Å². The summed E-state index contributed by atoms with van der Waals surface area (Å²) in [6.07, 6.45) is -0.492. The molecule has 2 atom stereocenters. The zero-order valence-electron chi connectivity index (χ0n) is 8.19. The molecule has 2 N–H and O–H groups in total. The fourth-order valence-electron chi connectivity index (χ4n) is 1.57. The number of alkyl halides is 1. The summed E-state index contributed by atoms with van der Waals surface area (Å²) in [5, 5.41) is 12.3. The van der Waals surface area contributed by atoms with Crippen molar-refractivity contribution in [3.63, 3.8) is 0 Å². The molecule has 1 aliphatic heterocycles. The Kier molecular flexibility index (Phi) is 3.06. The van der Waals surface area contributed by atoms with Gasteiger partial charge < -0.3 is 15.2 Å². The SMILES string of the molecule is Oc1cccc(NC2CCO[CH]C2F)c1. The summed E-state index contributed by atoms with van der Waals surface area (Å²) in [7, 11) is 0. The number of hydrogen-bond acceptors (Lipinski definition) is 3. The number of phenols is 1. The summed E-state index contributed by atoms with van der Waals surface area (Å²) in [4.78, 5) is 0. The Morgan fingerprint density at radius 3 is 3.07 bits per heavy atom. The Morgan fingerprint density at radius 1 is 1.47 bits per heavy atom. The molecule has 1 aromatic rings. The number of rotatable bonds is 2. The van der Waals surface area contributed by atoms with Gasteiger partial charge in [-0.25, -0.2) is 4.39 Å². The predicted octanol–water partition coefficient (Wildman–Crippen LogP) is 2.09. The standard InChI is InChI=1S/C11H13FNO2/c12-10-7-15-5-4-11(10)13-8-2-1-3-9(14)6-8/h1-3,6-7,10-11,13-14H,4-5H2. The minimum absolute atomic E-state index is 0.173. The van der Waals surface area contributed by atoms with E-state index in [1.54, 1.807) is 24.3 Å². The summed E-state index contributed by atoms with van der Waals surface area (Å²) >= 11 is 0. The summed E-state index contributed by atoms with van der Waals surface area (Å²) in [5.41, 5.74) is 0.720. The molecular formula is C11H13FNO2. The Bertz CT molecular complexity index is 332. The molecule has 1 saturated heterocycles. The molecule has 81 valence electrons. The molecular weight excluding hydrogens is 197 g/mol. The van der Waals surface area contributed by atoms with Crippen LogP contribution >= 0.6 is 0 Å². The van der Waals surface area contributed by atoms with Gasteiger partial charge >= 0.3 is 0 Å². The summed E-state index contributed by atoms with van der Waals surface area (Å²) < 4.78 is 18.2. The van der Waals surface area contributed by atoms with E-state index in [9.17, 15) is 9.50 Å². The molecule has 1 radical (unpaired) electrons. The van der Waals surface area contributed by atoms with E-state index in [0.717, 1.165) is 5.69 Å². The molecule has 1 fully saturated rings. The number of nitrogens with one attached hydrogen (secondary N) is 1. The van der Waals surface area contributed by atoms with Crippen LogP contribution in [0.5, 0.6) is 5.75 Å². The van der Waals surface area contributed by atoms with Crippen LogP contribution in [0.1, 0.15) is 6.42 Å². The van der Waals surface area contributed by atoms with Crippen molar-refractivity contribution in [1.82, 2.24) is 0 Å². The van der Waals surface area contributed by atoms with Crippen molar-refractivity contribution < 1.29 is 14.2 Å². The second-order valence-corrected chi connectivity index (χ2v) is 3.54. The first-order valence-corrected chi connectivity index (χ1v) is 4.90. The lowest BCUT2D eigenvalue weighted by molar-refractivity contribution is 0.0847. The number of hydrogen-bond donors (Lipinski definition) is 2. The number of aromatic hydroxyl groups is 1. The van der Waals surface area contributed by atoms with E-state index in [-0.39, 0.29) is 11.8 Å². The maximum absolute atomic E-state index is 13.3. The minimum atomic E-state index is -1.11. The van der Waals surface area contributed by atoms with Gasteiger partial charge in [0.05, 0.1) is 6.04 Å². The van der Waals surface area contributed by atoms with Crippen LogP contribution in [-0.2, 0) is 4.74 Å². The van der Waals surface area contributed by atoms with Gasteiger partial charge in [0.25, 0.3) is 0 Å². The maximum Gasteiger partial charge on any atom is 0.149 e. The van der Waals surface area contributed by atoms with E-state index >= 15 is 0 Å². The van der Waals surface area contributed by atoms with E-state index in [0.29, 0.717) is 13.0 Å². The molecule has 2 unspecified atom stereocenters. The Morgan fingerprint density at radius 2 is 2.33 bits per heavy atom. The molecule has 1 aromatic carbocycles. The number of ether oxygens (including phenoxy) is 1. The zero-order valence-corrected chi connectivity index (χ0v) is 8.19. The normalized spacial score (nSPS) is 26.2. The van der Waals surface area contributed by atoms with Gasteiger partial charge in [-0.3, -0.25) is 0 Å². The van der Waals surface area contributed by atoms with Crippen LogP contribution in [0, 0.1) is 6.61 Å². The minimum Gasteiger partial charge on any atom is -0.508 e. The first-order valence-electron chi connectivity index (χ1n) is 4.90. The Balaban J connectivity index is 2.01. The highest BCUT2D eigenvalue weighted by molar-refractivity contribution is 5.48. The van der Waals surface area contributed by atoms with E-state index in [4.69, 9.17) is 4.74 Å². The van der Waals surface area contributed by atoms with Gasteiger partial charge in [-0.05, 0) is 18.6 Å². The quantitative estimate of drug-likeness (QED) is 0.785. The zero-order chi connectivity index (χ0) is 10.7. The van der Waals surface area contributed by atoms with Gasteiger partial charge in [0.15, 0.2) is 0 Å². The first kappa shape index (κ1) is 10.2. The summed E-state index contributed by atoms with van der Waals surface area (Å²) in [5.74, 6) is 0.173. The van der Waals surface area contributed by atoms with Gasteiger partial charge in [-0.15, -0.1) is 0 Å². The van der Waals surface area contributed by atoms with Gasteiger partial charge in [0.1, 0.15) is 18.5 Å². The van der Waals surface area contributed by atoms with E-state index in [1.807, 2.05) is 0 Å². The van der Waals surface area contributed by atoms with Crippen molar-refractivity contribution in [2.24, 2.45) is 0 Å². The molecule has 4 heteroatoms. The van der Waals surface area contributed by atoms with Crippen molar-refractivity contribution in [3.8, 4) is 5.75 Å². The van der Waals surface area contributed by atoms with Crippen LogP contribution in [0.2, 0.25) is 0 Å². The van der Waals surface area contributed by atoms with Crippen molar-refractivity contribution in [2.45, 2.75) is 18.6 Å². The first-order chi connectivity index (χ1) is 7.25. The molecule has 2 rings (SSSR count). The van der Waals surface area contributed by atoms with Crippen LogP contribution in [0.15, 0.2) is 24.3 Å². The number of benzene rings is 1. The predicted molar refractivity (Wildman–Crippen MR) is 55.3 cm³/mol. The van der Waals surface area contributed by atoms with Crippen LogP contribution in [-0.4, -0.2) is 23.9 Å². The molecule has 15 heavy (non-hydrogen) atoms. The van der Waals surface area contributed by atoms with Crippen molar-refractivity contribution in [1.29, 1.82) is 0 Å². The van der Waals surface area contributed by atoms with Crippen LogP contribution in [0.3, 0.4) is 0 Å². The highest BCUT2D eigenvalue weighted by atomic mass is 19.1. The molecule has 3 nitrogen and oxygen atoms in total. The molecule has 0 bridgehead atoms. The van der Waals surface area contributed by atoms with Crippen molar-refractivity contribution in [2.75, 3.05) is 11.9 Å². The average molecular weight is 210 g/mol. The highest BCUT2D eigenvalue weighted by Crippen LogP contribution is 2.21. The second-order valence-electron chi connectivity index (χ2n) is 3.54. The van der Waals surface area contributed by atoms with Gasteiger partial charge in [0, 0.05) is 18.4 Å². The molecule has 0 spiro atoms. The molecule has 0 amide bonds. The van der Waals surface area contributed by atoms with Crippen LogP contribution in [0.4, 0.5) is 10.1 Å². The fraction of sp³-hybridized carbons (Fsp3) is 0.364. The molecule has 0 aliphatic carbocycles. The van der Waals surface area contributed by atoms with Gasteiger partial charge in [0.2, 0.25) is 0 Å². The van der Waals surface area contributed by atoms with Crippen molar-refractivity contribution >= 4 is 5.69 Å². The van der Waals surface area contributed by atoms with E-state index < -0.39 is 6.17 Å². The second kappa shape index (κ2) is 4.49. The lowest BCUT2D eigenvalue weighted by Crippen LogP contribution is -2.36. The molecule has 0 aromatic heterocycles. The number of phenolic OH excluding ortho intramolecular Hbond substituents is 1. The third-order valence-electron chi connectivity index (χ3n) is 2.36. The third-order valence-corrected chi connectivity index (χ3v) is 2.36. The Labute approximate surface area is 87.9 Å². The summed E-state index contributed by atoms with van der Waals surface area (Å²) in [6, 6.07) is 6.38. The maximum atomic E-state index is 13.3. The largest absolute Gasteiger partial charge is 0.508 e. The molecule has 0 saturated carbocycles. The lowest BCUT2D eigenvalue weighted by Gasteiger charge is -2.27. The Hall–Kier alpha value is -1.29. The smallest absolute Gasteiger partial charge is 0.149 e.